The summed E-state index contributed by atoms with van der Waals surface area (Å²) in [4.78, 5) is 28.0. The minimum Gasteiger partial charge on any atom is -0.352 e. The quantitative estimate of drug-likeness (QED) is 0.672. The molecular weight excluding hydrogens is 438 g/mol. The number of carbonyl (C=O) groups excluding carboxylic acids is 2. The third-order valence-electron chi connectivity index (χ3n) is 6.51. The van der Waals surface area contributed by atoms with Crippen molar-refractivity contribution in [2.24, 2.45) is 0 Å². The number of anilines is 1. The average Bonchev–Trinajstić information content (AvgIpc) is 3.29. The van der Waals surface area contributed by atoms with Gasteiger partial charge in [0.2, 0.25) is 5.91 Å². The van der Waals surface area contributed by atoms with Crippen LogP contribution in [0.5, 0.6) is 0 Å². The maximum atomic E-state index is 13.3. The Morgan fingerprint density at radius 3 is 2.45 bits per heavy atom. The topological polar surface area (TPSA) is 95.6 Å². The van der Waals surface area contributed by atoms with Gasteiger partial charge in [0.1, 0.15) is 6.04 Å². The zero-order valence-electron chi connectivity index (χ0n) is 18.9. The summed E-state index contributed by atoms with van der Waals surface area (Å²) in [7, 11) is -3.79. The molecule has 2 N–H and O–H groups in total. The molecule has 1 aliphatic carbocycles. The fraction of sp³-hybridized carbons (Fsp3) is 0.440. The van der Waals surface area contributed by atoms with Crippen LogP contribution in [-0.4, -0.2) is 43.8 Å². The number of hydrogen-bond acceptors (Lipinski definition) is 4. The van der Waals surface area contributed by atoms with Crippen LogP contribution < -0.4 is 10.0 Å². The van der Waals surface area contributed by atoms with Crippen LogP contribution in [0, 0.1) is 6.92 Å². The number of hydrogen-bond donors (Lipinski definition) is 2. The van der Waals surface area contributed by atoms with Gasteiger partial charge in [0.15, 0.2) is 0 Å². The lowest BCUT2D eigenvalue weighted by Gasteiger charge is -2.28. The molecule has 2 aromatic rings. The Hall–Kier alpha value is -2.87. The predicted molar refractivity (Wildman–Crippen MR) is 128 cm³/mol. The Kier molecular flexibility index (Phi) is 7.02. The van der Waals surface area contributed by atoms with Crippen molar-refractivity contribution in [3.05, 3.63) is 59.7 Å². The number of benzene rings is 2. The lowest BCUT2D eigenvalue weighted by atomic mass is 9.95. The first-order chi connectivity index (χ1) is 15.8. The molecule has 1 unspecified atom stereocenters. The minimum absolute atomic E-state index is 0.0795. The van der Waals surface area contributed by atoms with Crippen molar-refractivity contribution in [2.45, 2.75) is 68.8 Å². The summed E-state index contributed by atoms with van der Waals surface area (Å²) in [6, 6.07) is 12.9. The Morgan fingerprint density at radius 1 is 0.939 bits per heavy atom. The molecule has 7 nitrogen and oxygen atoms in total. The van der Waals surface area contributed by atoms with E-state index in [1.165, 1.54) is 12.5 Å². The van der Waals surface area contributed by atoms with Gasteiger partial charge in [-0.25, -0.2) is 8.42 Å². The van der Waals surface area contributed by atoms with E-state index in [0.29, 0.717) is 29.8 Å². The molecule has 2 amide bonds. The molecule has 2 aliphatic rings. The Bertz CT molecular complexity index is 1130. The maximum Gasteiger partial charge on any atom is 0.262 e. The second-order valence-electron chi connectivity index (χ2n) is 8.95. The summed E-state index contributed by atoms with van der Waals surface area (Å²) < 4.78 is 28.2. The maximum absolute atomic E-state index is 13.3. The third-order valence-corrected chi connectivity index (χ3v) is 8.05. The van der Waals surface area contributed by atoms with Crippen molar-refractivity contribution in [3.63, 3.8) is 0 Å². The average molecular weight is 470 g/mol. The van der Waals surface area contributed by atoms with Gasteiger partial charge in [-0.3, -0.25) is 14.3 Å². The van der Waals surface area contributed by atoms with Crippen LogP contribution in [-0.2, 0) is 14.8 Å². The second-order valence-corrected chi connectivity index (χ2v) is 10.6. The van der Waals surface area contributed by atoms with Gasteiger partial charge >= 0.3 is 0 Å². The molecule has 176 valence electrons. The second kappa shape index (κ2) is 9.95. The van der Waals surface area contributed by atoms with Gasteiger partial charge in [-0.15, -0.1) is 0 Å². The molecule has 0 radical (unpaired) electrons. The molecule has 0 spiro atoms. The van der Waals surface area contributed by atoms with Crippen molar-refractivity contribution in [1.82, 2.24) is 10.2 Å². The monoisotopic (exact) mass is 469 g/mol. The highest BCUT2D eigenvalue weighted by Gasteiger charge is 2.35. The summed E-state index contributed by atoms with van der Waals surface area (Å²) in [5.74, 6) is -0.336. The smallest absolute Gasteiger partial charge is 0.262 e. The first-order valence-corrected chi connectivity index (χ1v) is 13.1. The zero-order valence-corrected chi connectivity index (χ0v) is 19.7. The van der Waals surface area contributed by atoms with Gasteiger partial charge in [0.25, 0.3) is 15.9 Å². The summed E-state index contributed by atoms with van der Waals surface area (Å²) in [5, 5.41) is 3.14. The fourth-order valence-corrected chi connectivity index (χ4v) is 6.07. The van der Waals surface area contributed by atoms with Crippen molar-refractivity contribution < 1.29 is 18.0 Å². The Labute approximate surface area is 195 Å². The summed E-state index contributed by atoms with van der Waals surface area (Å²) >= 11 is 0. The molecule has 0 aromatic heterocycles. The number of rotatable bonds is 6. The molecule has 1 aliphatic heterocycles. The van der Waals surface area contributed by atoms with E-state index in [2.05, 4.69) is 10.0 Å². The van der Waals surface area contributed by atoms with Crippen LogP contribution in [0.1, 0.15) is 60.9 Å². The first-order valence-electron chi connectivity index (χ1n) is 11.6. The van der Waals surface area contributed by atoms with E-state index >= 15 is 0 Å². The summed E-state index contributed by atoms with van der Waals surface area (Å²) in [5.41, 5.74) is 1.31. The summed E-state index contributed by atoms with van der Waals surface area (Å²) in [6.07, 6.45) is 6.88. The standard InChI is InChI=1S/C25H31N3O4S/c1-18-9-5-6-15-23(18)33(31,32)27-21-13-7-10-19(17-21)25(30)28-16-8-14-22(28)24(29)26-20-11-3-2-4-12-20/h5-7,9-10,13,15,17,20,22,27H,2-4,8,11-12,14,16H2,1H3,(H,26,29). The Morgan fingerprint density at radius 2 is 1.70 bits per heavy atom. The number of likely N-dealkylation sites (tertiary alicyclic amines) is 1. The molecule has 0 bridgehead atoms. The van der Waals surface area contributed by atoms with E-state index in [9.17, 15) is 18.0 Å². The molecular formula is C25H31N3O4S. The minimum atomic E-state index is -3.79. The number of nitrogens with zero attached hydrogens (tertiary/aromatic N) is 1. The largest absolute Gasteiger partial charge is 0.352 e. The van der Waals surface area contributed by atoms with Crippen molar-refractivity contribution >= 4 is 27.5 Å². The van der Waals surface area contributed by atoms with E-state index < -0.39 is 16.1 Å². The SMILES string of the molecule is Cc1ccccc1S(=O)(=O)Nc1cccc(C(=O)N2CCCC2C(=O)NC2CCCCC2)c1. The Balaban J connectivity index is 1.47. The predicted octanol–water partition coefficient (Wildman–Crippen LogP) is 3.85. The number of amides is 2. The highest BCUT2D eigenvalue weighted by molar-refractivity contribution is 7.92. The zero-order chi connectivity index (χ0) is 23.4. The van der Waals surface area contributed by atoms with Gasteiger partial charge in [-0.2, -0.15) is 0 Å². The fourth-order valence-electron chi connectivity index (χ4n) is 4.78. The molecule has 1 atom stereocenters. The normalized spacial score (nSPS) is 19.3. The van der Waals surface area contributed by atoms with E-state index in [-0.39, 0.29) is 22.8 Å². The highest BCUT2D eigenvalue weighted by Crippen LogP contribution is 2.25. The van der Waals surface area contributed by atoms with Gasteiger partial charge < -0.3 is 10.2 Å². The van der Waals surface area contributed by atoms with Gasteiger partial charge in [0.05, 0.1) is 4.90 Å². The number of aryl methyl sites for hydroxylation is 1. The lowest BCUT2D eigenvalue weighted by Crippen LogP contribution is -2.49. The van der Waals surface area contributed by atoms with Crippen LogP contribution in [0.2, 0.25) is 0 Å². The van der Waals surface area contributed by atoms with E-state index in [1.807, 2.05) is 0 Å². The van der Waals surface area contributed by atoms with Gasteiger partial charge in [0, 0.05) is 23.8 Å². The number of nitrogens with one attached hydrogen (secondary N) is 2. The van der Waals surface area contributed by atoms with E-state index in [0.717, 1.165) is 32.1 Å². The molecule has 33 heavy (non-hydrogen) atoms. The first kappa shape index (κ1) is 23.3. The van der Waals surface area contributed by atoms with Crippen molar-refractivity contribution in [1.29, 1.82) is 0 Å². The van der Waals surface area contributed by atoms with Gasteiger partial charge in [-0.05, 0) is 62.4 Å². The number of sulfonamides is 1. The van der Waals surface area contributed by atoms with Crippen LogP contribution in [0.15, 0.2) is 53.4 Å². The van der Waals surface area contributed by atoms with Crippen molar-refractivity contribution in [2.75, 3.05) is 11.3 Å². The molecule has 1 saturated carbocycles. The molecule has 2 fully saturated rings. The number of carbonyl (C=O) groups is 2. The van der Waals surface area contributed by atoms with Crippen molar-refractivity contribution in [3.8, 4) is 0 Å². The lowest BCUT2D eigenvalue weighted by molar-refractivity contribution is -0.125. The van der Waals surface area contributed by atoms with Crippen LogP contribution >= 0.6 is 0 Å². The molecule has 2 aromatic carbocycles. The van der Waals surface area contributed by atoms with E-state index in [4.69, 9.17) is 0 Å². The summed E-state index contributed by atoms with van der Waals surface area (Å²) in [6.45, 7) is 2.25. The van der Waals surface area contributed by atoms with E-state index in [1.54, 1.807) is 54.3 Å². The van der Waals surface area contributed by atoms with Crippen LogP contribution in [0.3, 0.4) is 0 Å². The molecule has 4 rings (SSSR count). The van der Waals surface area contributed by atoms with Gasteiger partial charge in [-0.1, -0.05) is 43.5 Å². The van der Waals surface area contributed by atoms with Crippen LogP contribution in [0.4, 0.5) is 5.69 Å². The highest BCUT2D eigenvalue weighted by atomic mass is 32.2. The molecule has 1 heterocycles. The molecule has 8 heteroatoms. The third kappa shape index (κ3) is 5.38. The van der Waals surface area contributed by atoms with Crippen LogP contribution in [0.25, 0.3) is 0 Å². The molecule has 1 saturated heterocycles.